The van der Waals surface area contributed by atoms with Crippen LogP contribution < -0.4 is 15.4 Å². The molecule has 0 saturated heterocycles. The Balaban J connectivity index is 2.00. The van der Waals surface area contributed by atoms with Gasteiger partial charge in [0.05, 0.1) is 4.90 Å². The zero-order valence-corrected chi connectivity index (χ0v) is 16.1. The number of benzene rings is 2. The SMILES string of the molecule is CC(=O)Nc1ccc(S(=O)(=O)N[C@@]2(C(F)(F)F)N=C(c3ccccc3)NC2=O)cc1. The molecular weight excluding hydrogens is 425 g/mol. The van der Waals surface area contributed by atoms with Crippen LogP contribution in [0.5, 0.6) is 0 Å². The Bertz CT molecular complexity index is 1120. The fourth-order valence-electron chi connectivity index (χ4n) is 2.67. The number of anilines is 1. The van der Waals surface area contributed by atoms with Crippen molar-refractivity contribution in [2.24, 2.45) is 4.99 Å². The second kappa shape index (κ2) is 7.54. The molecule has 0 fully saturated rings. The quantitative estimate of drug-likeness (QED) is 0.657. The number of aliphatic imine (C=N–C) groups is 1. The van der Waals surface area contributed by atoms with Crippen molar-refractivity contribution in [1.29, 1.82) is 0 Å². The van der Waals surface area contributed by atoms with E-state index in [0.717, 1.165) is 12.1 Å². The lowest BCUT2D eigenvalue weighted by Crippen LogP contribution is -2.62. The van der Waals surface area contributed by atoms with Gasteiger partial charge in [-0.1, -0.05) is 30.3 Å². The van der Waals surface area contributed by atoms with Crippen molar-refractivity contribution >= 4 is 33.4 Å². The number of carbonyl (C=O) groups excluding carboxylic acids is 2. The second-order valence-electron chi connectivity index (χ2n) is 6.30. The van der Waals surface area contributed by atoms with Gasteiger partial charge in [-0.05, 0) is 24.3 Å². The first-order valence-corrected chi connectivity index (χ1v) is 9.88. The maximum atomic E-state index is 13.9. The third-order valence-corrected chi connectivity index (χ3v) is 5.52. The predicted octanol–water partition coefficient (Wildman–Crippen LogP) is 1.76. The van der Waals surface area contributed by atoms with Crippen LogP contribution in [0.3, 0.4) is 0 Å². The van der Waals surface area contributed by atoms with Crippen molar-refractivity contribution < 1.29 is 31.2 Å². The van der Waals surface area contributed by atoms with Gasteiger partial charge in [0.2, 0.25) is 15.9 Å². The van der Waals surface area contributed by atoms with E-state index in [1.54, 1.807) is 6.07 Å². The summed E-state index contributed by atoms with van der Waals surface area (Å²) in [4.78, 5) is 26.2. The first kappa shape index (κ1) is 21.5. The van der Waals surface area contributed by atoms with Crippen molar-refractivity contribution in [1.82, 2.24) is 10.0 Å². The topological polar surface area (TPSA) is 117 Å². The maximum Gasteiger partial charge on any atom is 0.437 e. The third kappa shape index (κ3) is 4.04. The van der Waals surface area contributed by atoms with Crippen LogP contribution in [0.4, 0.5) is 18.9 Å². The van der Waals surface area contributed by atoms with Crippen LogP contribution >= 0.6 is 0 Å². The van der Waals surface area contributed by atoms with Crippen LogP contribution in [0.1, 0.15) is 12.5 Å². The van der Waals surface area contributed by atoms with E-state index in [1.807, 2.05) is 5.32 Å². The number of rotatable bonds is 5. The fourth-order valence-corrected chi connectivity index (χ4v) is 3.93. The van der Waals surface area contributed by atoms with Crippen LogP contribution in [0.25, 0.3) is 0 Å². The zero-order valence-electron chi connectivity index (χ0n) is 15.3. The molecule has 0 radical (unpaired) electrons. The molecule has 2 aromatic carbocycles. The first-order valence-electron chi connectivity index (χ1n) is 8.40. The molecule has 1 aliphatic heterocycles. The van der Waals surface area contributed by atoms with Gasteiger partial charge >= 0.3 is 11.8 Å². The molecule has 0 aliphatic carbocycles. The van der Waals surface area contributed by atoms with E-state index in [1.165, 1.54) is 48.0 Å². The van der Waals surface area contributed by atoms with Crippen LogP contribution in [-0.2, 0) is 19.6 Å². The van der Waals surface area contributed by atoms with E-state index in [2.05, 4.69) is 10.3 Å². The summed E-state index contributed by atoms with van der Waals surface area (Å²) < 4.78 is 68.2. The lowest BCUT2D eigenvalue weighted by Gasteiger charge is -2.26. The molecule has 3 N–H and O–H groups in total. The van der Waals surface area contributed by atoms with E-state index >= 15 is 0 Å². The minimum Gasteiger partial charge on any atom is -0.326 e. The van der Waals surface area contributed by atoms with Crippen LogP contribution in [-0.4, -0.2) is 37.9 Å². The number of nitrogens with zero attached hydrogens (tertiary/aromatic N) is 1. The molecule has 2 amide bonds. The summed E-state index contributed by atoms with van der Waals surface area (Å²) >= 11 is 0. The molecule has 0 unspecified atom stereocenters. The Morgan fingerprint density at radius 1 is 1.07 bits per heavy atom. The molecule has 0 saturated carbocycles. The predicted molar refractivity (Wildman–Crippen MR) is 101 cm³/mol. The molecule has 158 valence electrons. The normalized spacial score (nSPS) is 19.2. The molecule has 12 heteroatoms. The van der Waals surface area contributed by atoms with Gasteiger partial charge in [0.25, 0.3) is 5.91 Å². The summed E-state index contributed by atoms with van der Waals surface area (Å²) in [6, 6.07) is 11.9. The Morgan fingerprint density at radius 3 is 2.20 bits per heavy atom. The van der Waals surface area contributed by atoms with E-state index < -0.39 is 44.4 Å². The average Bonchev–Trinajstić information content (AvgIpc) is 2.99. The number of amidine groups is 1. The molecule has 1 atom stereocenters. The molecule has 1 aliphatic rings. The van der Waals surface area contributed by atoms with E-state index in [0.29, 0.717) is 0 Å². The van der Waals surface area contributed by atoms with Crippen molar-refractivity contribution in [2.75, 3.05) is 5.32 Å². The van der Waals surface area contributed by atoms with Gasteiger partial charge in [0.15, 0.2) is 0 Å². The second-order valence-corrected chi connectivity index (χ2v) is 7.98. The molecule has 0 aromatic heterocycles. The molecule has 30 heavy (non-hydrogen) atoms. The largest absolute Gasteiger partial charge is 0.437 e. The van der Waals surface area contributed by atoms with Crippen molar-refractivity contribution in [2.45, 2.75) is 23.7 Å². The van der Waals surface area contributed by atoms with Gasteiger partial charge < -0.3 is 10.6 Å². The Hall–Kier alpha value is -3.25. The molecular formula is C18H15F3N4O4S. The highest BCUT2D eigenvalue weighted by Crippen LogP contribution is 2.36. The number of carbonyl (C=O) groups is 2. The highest BCUT2D eigenvalue weighted by atomic mass is 32.2. The summed E-state index contributed by atoms with van der Waals surface area (Å²) in [6.07, 6.45) is -5.36. The van der Waals surface area contributed by atoms with Gasteiger partial charge in [-0.2, -0.15) is 17.9 Å². The van der Waals surface area contributed by atoms with Gasteiger partial charge in [-0.25, -0.2) is 13.4 Å². The highest BCUT2D eigenvalue weighted by molar-refractivity contribution is 7.89. The number of halogens is 3. The lowest BCUT2D eigenvalue weighted by atomic mass is 10.2. The van der Waals surface area contributed by atoms with Crippen LogP contribution in [0, 0.1) is 0 Å². The standard InChI is InChI=1S/C18H15F3N4O4S/c1-11(26)22-13-7-9-14(10-8-13)30(28,29)25-17(18(19,20)21)16(27)23-15(24-17)12-5-3-2-4-6-12/h2-10,25H,1H3,(H,22,26)(H,23,24,27)/t17-/m0/s1. The Kier molecular flexibility index (Phi) is 5.39. The summed E-state index contributed by atoms with van der Waals surface area (Å²) in [7, 11) is -4.82. The summed E-state index contributed by atoms with van der Waals surface area (Å²) in [6.45, 7) is 1.24. The van der Waals surface area contributed by atoms with Crippen molar-refractivity contribution in [3.8, 4) is 0 Å². The molecule has 8 nitrogen and oxygen atoms in total. The zero-order chi connectivity index (χ0) is 22.2. The average molecular weight is 440 g/mol. The monoisotopic (exact) mass is 440 g/mol. The van der Waals surface area contributed by atoms with Crippen LogP contribution in [0.15, 0.2) is 64.5 Å². The number of nitrogens with one attached hydrogen (secondary N) is 3. The third-order valence-electron chi connectivity index (χ3n) is 4.06. The molecule has 2 aromatic rings. The molecule has 0 spiro atoms. The highest BCUT2D eigenvalue weighted by Gasteiger charge is 2.66. The van der Waals surface area contributed by atoms with E-state index in [4.69, 9.17) is 0 Å². The number of hydrogen-bond donors (Lipinski definition) is 3. The number of hydrogen-bond acceptors (Lipinski definition) is 5. The number of alkyl halides is 3. The molecule has 0 bridgehead atoms. The lowest BCUT2D eigenvalue weighted by molar-refractivity contribution is -0.190. The van der Waals surface area contributed by atoms with Gasteiger partial charge in [-0.15, -0.1) is 0 Å². The van der Waals surface area contributed by atoms with Gasteiger partial charge in [0, 0.05) is 18.2 Å². The van der Waals surface area contributed by atoms with Crippen molar-refractivity contribution in [3.63, 3.8) is 0 Å². The smallest absolute Gasteiger partial charge is 0.326 e. The molecule has 1 heterocycles. The summed E-state index contributed by atoms with van der Waals surface area (Å²) in [5, 5.41) is 4.39. The van der Waals surface area contributed by atoms with Crippen LogP contribution in [0.2, 0.25) is 0 Å². The first-order chi connectivity index (χ1) is 13.9. The Morgan fingerprint density at radius 2 is 1.67 bits per heavy atom. The van der Waals surface area contributed by atoms with Crippen molar-refractivity contribution in [3.05, 3.63) is 60.2 Å². The number of sulfonamides is 1. The van der Waals surface area contributed by atoms with E-state index in [-0.39, 0.29) is 11.3 Å². The molecule has 3 rings (SSSR count). The summed E-state index contributed by atoms with van der Waals surface area (Å²) in [5.41, 5.74) is -3.31. The summed E-state index contributed by atoms with van der Waals surface area (Å²) in [5.74, 6) is -2.50. The maximum absolute atomic E-state index is 13.9. The fraction of sp³-hybridized carbons (Fsp3) is 0.167. The van der Waals surface area contributed by atoms with E-state index in [9.17, 15) is 31.2 Å². The van der Waals surface area contributed by atoms with Gasteiger partial charge in [0.1, 0.15) is 5.84 Å². The minimum absolute atomic E-state index is 0.177. The number of amides is 2. The van der Waals surface area contributed by atoms with Gasteiger partial charge in [-0.3, -0.25) is 9.59 Å². The Labute approximate surface area is 169 Å². The minimum atomic E-state index is -5.36.